The maximum absolute atomic E-state index is 11.6. The molecule has 1 heterocycles. The molecule has 100 valence electrons. The number of hydrogen-bond donors (Lipinski definition) is 1. The van der Waals surface area contributed by atoms with Gasteiger partial charge in [-0.05, 0) is 39.9 Å². The molecule has 0 aliphatic carbocycles. The summed E-state index contributed by atoms with van der Waals surface area (Å²) >= 11 is 0. The average Bonchev–Trinajstić information content (AvgIpc) is 2.27. The summed E-state index contributed by atoms with van der Waals surface area (Å²) in [7, 11) is 3.85. The van der Waals surface area contributed by atoms with Gasteiger partial charge in [-0.25, -0.2) is 0 Å². The van der Waals surface area contributed by atoms with Crippen LogP contribution >= 0.6 is 0 Å². The quantitative estimate of drug-likeness (QED) is 0.751. The van der Waals surface area contributed by atoms with Gasteiger partial charge in [-0.3, -0.25) is 4.79 Å². The second-order valence-corrected chi connectivity index (χ2v) is 5.27. The second-order valence-electron chi connectivity index (χ2n) is 5.27. The first-order chi connectivity index (χ1) is 8.11. The SMILES string of the molecule is CCCCN1CCC(NC(=O)CN(C)C)CC1. The molecule has 0 spiro atoms. The first-order valence-electron chi connectivity index (χ1n) is 6.78. The molecule has 4 heteroatoms. The number of carbonyl (C=O) groups excluding carboxylic acids is 1. The van der Waals surface area contributed by atoms with Crippen molar-refractivity contribution in [3.05, 3.63) is 0 Å². The van der Waals surface area contributed by atoms with Crippen molar-refractivity contribution in [3.8, 4) is 0 Å². The van der Waals surface area contributed by atoms with Gasteiger partial charge in [0.1, 0.15) is 0 Å². The highest BCUT2D eigenvalue weighted by Crippen LogP contribution is 2.10. The van der Waals surface area contributed by atoms with Gasteiger partial charge in [0.25, 0.3) is 0 Å². The van der Waals surface area contributed by atoms with E-state index >= 15 is 0 Å². The topological polar surface area (TPSA) is 35.6 Å². The van der Waals surface area contributed by atoms with Gasteiger partial charge in [0.05, 0.1) is 6.54 Å². The molecular formula is C13H27N3O. The predicted molar refractivity (Wildman–Crippen MR) is 71.1 cm³/mol. The lowest BCUT2D eigenvalue weighted by Crippen LogP contribution is -2.46. The van der Waals surface area contributed by atoms with E-state index in [0.29, 0.717) is 12.6 Å². The van der Waals surface area contributed by atoms with Gasteiger partial charge in [0, 0.05) is 19.1 Å². The number of hydrogen-bond acceptors (Lipinski definition) is 3. The molecule has 0 atom stereocenters. The van der Waals surface area contributed by atoms with E-state index < -0.39 is 0 Å². The highest BCUT2D eigenvalue weighted by atomic mass is 16.2. The van der Waals surface area contributed by atoms with Crippen LogP contribution in [0.25, 0.3) is 0 Å². The van der Waals surface area contributed by atoms with Crippen LogP contribution in [-0.4, -0.2) is 62.0 Å². The van der Waals surface area contributed by atoms with Crippen LogP contribution in [0.3, 0.4) is 0 Å². The Kier molecular flexibility index (Phi) is 6.52. The van der Waals surface area contributed by atoms with Crippen LogP contribution < -0.4 is 5.32 Å². The van der Waals surface area contributed by atoms with Crippen molar-refractivity contribution < 1.29 is 4.79 Å². The molecule has 0 unspecified atom stereocenters. The molecule has 1 rings (SSSR count). The Hall–Kier alpha value is -0.610. The first-order valence-corrected chi connectivity index (χ1v) is 6.78. The van der Waals surface area contributed by atoms with Gasteiger partial charge >= 0.3 is 0 Å². The van der Waals surface area contributed by atoms with Crippen molar-refractivity contribution in [2.75, 3.05) is 40.3 Å². The van der Waals surface area contributed by atoms with E-state index in [1.54, 1.807) is 0 Å². The number of nitrogens with one attached hydrogen (secondary N) is 1. The molecule has 1 aliphatic heterocycles. The second kappa shape index (κ2) is 7.67. The van der Waals surface area contributed by atoms with E-state index in [4.69, 9.17) is 0 Å². The van der Waals surface area contributed by atoms with Gasteiger partial charge < -0.3 is 15.1 Å². The number of likely N-dealkylation sites (N-methyl/N-ethyl adjacent to an activating group) is 1. The normalized spacial score (nSPS) is 18.6. The summed E-state index contributed by atoms with van der Waals surface area (Å²) in [5.41, 5.74) is 0. The van der Waals surface area contributed by atoms with E-state index in [1.165, 1.54) is 19.4 Å². The van der Waals surface area contributed by atoms with Crippen LogP contribution in [0, 0.1) is 0 Å². The number of likely N-dealkylation sites (tertiary alicyclic amines) is 1. The van der Waals surface area contributed by atoms with Crippen molar-refractivity contribution in [1.82, 2.24) is 15.1 Å². The summed E-state index contributed by atoms with van der Waals surface area (Å²) in [6.45, 7) is 6.21. The molecule has 0 saturated carbocycles. The number of nitrogens with zero attached hydrogens (tertiary/aromatic N) is 2. The minimum atomic E-state index is 0.155. The number of carbonyl (C=O) groups is 1. The molecule has 0 aromatic rings. The maximum Gasteiger partial charge on any atom is 0.234 e. The zero-order valence-corrected chi connectivity index (χ0v) is 11.5. The molecule has 1 aliphatic rings. The van der Waals surface area contributed by atoms with E-state index in [9.17, 15) is 4.79 Å². The number of piperidine rings is 1. The Balaban J connectivity index is 2.16. The Morgan fingerprint density at radius 1 is 1.35 bits per heavy atom. The van der Waals surface area contributed by atoms with Crippen LogP contribution in [-0.2, 0) is 4.79 Å². The lowest BCUT2D eigenvalue weighted by Gasteiger charge is -2.32. The van der Waals surface area contributed by atoms with Crippen molar-refractivity contribution in [3.63, 3.8) is 0 Å². The third-order valence-electron chi connectivity index (χ3n) is 3.24. The highest BCUT2D eigenvalue weighted by molar-refractivity contribution is 5.78. The van der Waals surface area contributed by atoms with Gasteiger partial charge in [-0.15, -0.1) is 0 Å². The van der Waals surface area contributed by atoms with Crippen molar-refractivity contribution in [2.45, 2.75) is 38.6 Å². The molecule has 1 N–H and O–H groups in total. The van der Waals surface area contributed by atoms with E-state index in [1.807, 2.05) is 19.0 Å². The number of unbranched alkanes of at least 4 members (excludes halogenated alkanes) is 1. The predicted octanol–water partition coefficient (Wildman–Crippen LogP) is 0.929. The van der Waals surface area contributed by atoms with Crippen molar-refractivity contribution in [1.29, 1.82) is 0 Å². The fraction of sp³-hybridized carbons (Fsp3) is 0.923. The van der Waals surface area contributed by atoms with Gasteiger partial charge in [-0.1, -0.05) is 13.3 Å². The summed E-state index contributed by atoms with van der Waals surface area (Å²) in [4.78, 5) is 16.0. The molecule has 4 nitrogen and oxygen atoms in total. The third-order valence-corrected chi connectivity index (χ3v) is 3.24. The van der Waals surface area contributed by atoms with Crippen LogP contribution in [0.2, 0.25) is 0 Å². The van der Waals surface area contributed by atoms with E-state index in [-0.39, 0.29) is 5.91 Å². The van der Waals surface area contributed by atoms with Crippen LogP contribution in [0.4, 0.5) is 0 Å². The largest absolute Gasteiger partial charge is 0.352 e. The molecule has 0 bridgehead atoms. The molecule has 0 aromatic heterocycles. The minimum absolute atomic E-state index is 0.155. The highest BCUT2D eigenvalue weighted by Gasteiger charge is 2.20. The number of amides is 1. The van der Waals surface area contributed by atoms with Gasteiger partial charge in [-0.2, -0.15) is 0 Å². The Morgan fingerprint density at radius 3 is 2.53 bits per heavy atom. The van der Waals surface area contributed by atoms with Gasteiger partial charge in [0.2, 0.25) is 5.91 Å². The summed E-state index contributed by atoms with van der Waals surface area (Å²) in [5.74, 6) is 0.155. The summed E-state index contributed by atoms with van der Waals surface area (Å²) in [5, 5.41) is 3.12. The van der Waals surface area contributed by atoms with Crippen LogP contribution in [0.15, 0.2) is 0 Å². The standard InChI is InChI=1S/C13H27N3O/c1-4-5-8-16-9-6-12(7-10-16)14-13(17)11-15(2)3/h12H,4-11H2,1-3H3,(H,14,17). The van der Waals surface area contributed by atoms with Crippen LogP contribution in [0.5, 0.6) is 0 Å². The molecule has 17 heavy (non-hydrogen) atoms. The molecule has 1 fully saturated rings. The summed E-state index contributed by atoms with van der Waals surface area (Å²) < 4.78 is 0. The Labute approximate surface area is 105 Å². The lowest BCUT2D eigenvalue weighted by atomic mass is 10.0. The van der Waals surface area contributed by atoms with Crippen LogP contribution in [0.1, 0.15) is 32.6 Å². The summed E-state index contributed by atoms with van der Waals surface area (Å²) in [6, 6.07) is 0.389. The number of rotatable bonds is 6. The van der Waals surface area contributed by atoms with E-state index in [0.717, 1.165) is 25.9 Å². The zero-order chi connectivity index (χ0) is 12.7. The Bertz CT molecular complexity index is 223. The van der Waals surface area contributed by atoms with Crippen molar-refractivity contribution in [2.24, 2.45) is 0 Å². The molecule has 0 aromatic carbocycles. The average molecular weight is 241 g/mol. The molecule has 0 radical (unpaired) electrons. The van der Waals surface area contributed by atoms with Crippen molar-refractivity contribution >= 4 is 5.91 Å². The fourth-order valence-electron chi connectivity index (χ4n) is 2.24. The molecule has 1 saturated heterocycles. The third kappa shape index (κ3) is 6.03. The fourth-order valence-corrected chi connectivity index (χ4v) is 2.24. The molecular weight excluding hydrogens is 214 g/mol. The monoisotopic (exact) mass is 241 g/mol. The first kappa shape index (κ1) is 14.5. The Morgan fingerprint density at radius 2 is 2.00 bits per heavy atom. The lowest BCUT2D eigenvalue weighted by molar-refractivity contribution is -0.122. The minimum Gasteiger partial charge on any atom is -0.352 e. The van der Waals surface area contributed by atoms with Gasteiger partial charge in [0.15, 0.2) is 0 Å². The maximum atomic E-state index is 11.6. The summed E-state index contributed by atoms with van der Waals surface area (Å²) in [6.07, 6.45) is 4.75. The smallest absolute Gasteiger partial charge is 0.234 e. The zero-order valence-electron chi connectivity index (χ0n) is 11.5. The molecule has 1 amide bonds. The van der Waals surface area contributed by atoms with E-state index in [2.05, 4.69) is 17.1 Å².